The summed E-state index contributed by atoms with van der Waals surface area (Å²) in [5.41, 5.74) is 11.9. The van der Waals surface area contributed by atoms with Gasteiger partial charge in [-0.15, -0.1) is 22.7 Å². The molecule has 2 aliphatic rings. The van der Waals surface area contributed by atoms with E-state index in [1.807, 2.05) is 22.7 Å². The summed E-state index contributed by atoms with van der Waals surface area (Å²) in [6.07, 6.45) is 12.6. The average molecular weight is 756 g/mol. The van der Waals surface area contributed by atoms with E-state index >= 15 is 0 Å². The average Bonchev–Trinajstić information content (AvgIpc) is 3.83. The van der Waals surface area contributed by atoms with Crippen LogP contribution in [0.2, 0.25) is 0 Å². The predicted molar refractivity (Wildman–Crippen MR) is 245 cm³/mol. The Morgan fingerprint density at radius 2 is 1.20 bits per heavy atom. The van der Waals surface area contributed by atoms with Gasteiger partial charge < -0.3 is 4.90 Å². The highest BCUT2D eigenvalue weighted by Crippen LogP contribution is 2.45. The van der Waals surface area contributed by atoms with Crippen molar-refractivity contribution >= 4 is 81.2 Å². The molecule has 1 unspecified atom stereocenters. The molecule has 1 atom stereocenters. The van der Waals surface area contributed by atoms with Gasteiger partial charge >= 0.3 is 0 Å². The molecule has 0 saturated carbocycles. The molecule has 2 aliphatic carbocycles. The second-order valence-corrected chi connectivity index (χ2v) is 18.0. The molecule has 11 rings (SSSR count). The Morgan fingerprint density at radius 3 is 1.98 bits per heavy atom. The minimum absolute atomic E-state index is 0.0942. The summed E-state index contributed by atoms with van der Waals surface area (Å²) in [5, 5.41) is 6.70. The van der Waals surface area contributed by atoms with Gasteiger partial charge in [0.25, 0.3) is 0 Å². The quantitative estimate of drug-likeness (QED) is 0.163. The van der Waals surface area contributed by atoms with Crippen LogP contribution in [0.3, 0.4) is 0 Å². The number of hydrogen-bond donors (Lipinski definition) is 0. The number of nitrogens with zero attached hydrogens (tertiary/aromatic N) is 1. The van der Waals surface area contributed by atoms with E-state index in [0.29, 0.717) is 0 Å². The predicted octanol–water partition coefficient (Wildman–Crippen LogP) is 15.9. The summed E-state index contributed by atoms with van der Waals surface area (Å²) < 4.78 is 4.11. The minimum atomic E-state index is 0.0942. The number of fused-ring (bicyclic) bond motifs is 7. The van der Waals surface area contributed by atoms with E-state index in [1.165, 1.54) is 90.8 Å². The topological polar surface area (TPSA) is 3.24 Å². The Balaban J connectivity index is 0.947. The highest BCUT2D eigenvalue weighted by molar-refractivity contribution is 7.25. The summed E-state index contributed by atoms with van der Waals surface area (Å²) in [6.45, 7) is 2.48. The lowest BCUT2D eigenvalue weighted by Crippen LogP contribution is -2.28. The molecule has 270 valence electrons. The first-order valence-corrected chi connectivity index (χ1v) is 21.5. The SMILES string of the molecule is CC1(c2ccc3sc4c(c3c2)CCC=C4)CC=C(N(c2ccc(-c3ccc4ccccc4c3)cc2)c2ccc(-c3ccc4sc5ccccc5c4c3)cc2)CC1. The van der Waals surface area contributed by atoms with Gasteiger partial charge in [-0.3, -0.25) is 0 Å². The van der Waals surface area contributed by atoms with E-state index in [4.69, 9.17) is 0 Å². The van der Waals surface area contributed by atoms with Crippen LogP contribution in [0.25, 0.3) is 69.4 Å². The molecule has 7 aromatic carbocycles. The van der Waals surface area contributed by atoms with Crippen LogP contribution in [0, 0.1) is 0 Å². The van der Waals surface area contributed by atoms with Crippen molar-refractivity contribution in [1.82, 2.24) is 0 Å². The first kappa shape index (κ1) is 33.6. The van der Waals surface area contributed by atoms with Gasteiger partial charge in [-0.25, -0.2) is 0 Å². The van der Waals surface area contributed by atoms with Crippen LogP contribution < -0.4 is 4.90 Å². The van der Waals surface area contributed by atoms with Gasteiger partial charge in [0.1, 0.15) is 0 Å². The fourth-order valence-electron chi connectivity index (χ4n) is 9.13. The van der Waals surface area contributed by atoms with Crippen molar-refractivity contribution in [2.45, 2.75) is 44.4 Å². The number of hydrogen-bond acceptors (Lipinski definition) is 3. The summed E-state index contributed by atoms with van der Waals surface area (Å²) in [4.78, 5) is 3.96. The zero-order valence-electron chi connectivity index (χ0n) is 31.5. The molecule has 0 saturated heterocycles. The Bertz CT molecular complexity index is 3010. The lowest BCUT2D eigenvalue weighted by Gasteiger charge is -2.38. The number of thiophene rings is 2. The summed E-state index contributed by atoms with van der Waals surface area (Å²) in [5.74, 6) is 0. The number of aryl methyl sites for hydroxylation is 1. The molecule has 2 heterocycles. The van der Waals surface area contributed by atoms with E-state index < -0.39 is 0 Å². The highest BCUT2D eigenvalue weighted by Gasteiger charge is 2.32. The van der Waals surface area contributed by atoms with Crippen molar-refractivity contribution in [2.24, 2.45) is 0 Å². The van der Waals surface area contributed by atoms with Crippen LogP contribution in [0.5, 0.6) is 0 Å². The fourth-order valence-corrected chi connectivity index (χ4v) is 11.4. The van der Waals surface area contributed by atoms with Crippen molar-refractivity contribution in [3.8, 4) is 22.3 Å². The van der Waals surface area contributed by atoms with Crippen molar-refractivity contribution < 1.29 is 0 Å². The van der Waals surface area contributed by atoms with Gasteiger partial charge in [-0.1, -0.05) is 110 Å². The smallest absolute Gasteiger partial charge is 0.0458 e. The standard InChI is InChI=1S/C53H41NS2/c1-53(41-21-27-52-48(34-41)46-11-5-7-13-50(46)56-52)30-28-44(29-31-53)54(42-22-16-36(17-23-42)39-15-14-35-8-2-3-9-38(35)32-39)43-24-18-37(19-25-43)40-20-26-51-47(33-40)45-10-4-6-12-49(45)55-51/h2-4,6-10,12-28,32-34H,5,11,29-31H2,1H3. The molecule has 56 heavy (non-hydrogen) atoms. The third-order valence-corrected chi connectivity index (χ3v) is 14.7. The summed E-state index contributed by atoms with van der Waals surface area (Å²) in [6, 6.07) is 56.9. The van der Waals surface area contributed by atoms with Gasteiger partial charge in [-0.05, 0) is 154 Å². The molecular weight excluding hydrogens is 715 g/mol. The van der Waals surface area contributed by atoms with Crippen LogP contribution in [-0.2, 0) is 11.8 Å². The molecule has 2 aromatic heterocycles. The van der Waals surface area contributed by atoms with Crippen LogP contribution in [0.15, 0.2) is 170 Å². The second-order valence-electron chi connectivity index (χ2n) is 15.9. The van der Waals surface area contributed by atoms with E-state index in [2.05, 4.69) is 182 Å². The lowest BCUT2D eigenvalue weighted by atomic mass is 9.72. The first-order valence-electron chi connectivity index (χ1n) is 19.9. The number of allylic oxidation sites excluding steroid dienone is 3. The minimum Gasteiger partial charge on any atom is -0.315 e. The molecule has 0 radical (unpaired) electrons. The summed E-state index contributed by atoms with van der Waals surface area (Å²) in [7, 11) is 0. The van der Waals surface area contributed by atoms with Crippen molar-refractivity contribution in [2.75, 3.05) is 4.90 Å². The normalized spacial score (nSPS) is 16.8. The molecule has 9 aromatic rings. The van der Waals surface area contributed by atoms with E-state index in [9.17, 15) is 0 Å². The Morgan fingerprint density at radius 1 is 0.536 bits per heavy atom. The second kappa shape index (κ2) is 13.5. The molecule has 0 spiro atoms. The zero-order valence-corrected chi connectivity index (χ0v) is 33.1. The van der Waals surface area contributed by atoms with Gasteiger partial charge in [-0.2, -0.15) is 0 Å². The molecule has 3 heteroatoms. The van der Waals surface area contributed by atoms with Crippen LogP contribution in [0.1, 0.15) is 48.6 Å². The van der Waals surface area contributed by atoms with Crippen molar-refractivity contribution in [1.29, 1.82) is 0 Å². The van der Waals surface area contributed by atoms with E-state index in [-0.39, 0.29) is 5.41 Å². The Kier molecular flexibility index (Phi) is 8.08. The third kappa shape index (κ3) is 5.81. The van der Waals surface area contributed by atoms with Gasteiger partial charge in [0.2, 0.25) is 0 Å². The van der Waals surface area contributed by atoms with Crippen molar-refractivity contribution in [3.63, 3.8) is 0 Å². The van der Waals surface area contributed by atoms with Crippen LogP contribution in [0.4, 0.5) is 11.4 Å². The number of benzene rings is 7. The molecule has 0 bridgehead atoms. The first-order chi connectivity index (χ1) is 27.6. The zero-order chi connectivity index (χ0) is 37.2. The maximum Gasteiger partial charge on any atom is 0.0458 e. The number of rotatable bonds is 6. The molecule has 0 fully saturated rings. The third-order valence-electron chi connectivity index (χ3n) is 12.4. The van der Waals surface area contributed by atoms with Gasteiger partial charge in [0.05, 0.1) is 0 Å². The van der Waals surface area contributed by atoms with Crippen LogP contribution >= 0.6 is 22.7 Å². The number of anilines is 2. The Labute approximate surface area is 336 Å². The van der Waals surface area contributed by atoms with Crippen LogP contribution in [-0.4, -0.2) is 0 Å². The lowest BCUT2D eigenvalue weighted by molar-refractivity contribution is 0.418. The molecule has 0 amide bonds. The van der Waals surface area contributed by atoms with Crippen molar-refractivity contribution in [3.05, 3.63) is 186 Å². The highest BCUT2D eigenvalue weighted by atomic mass is 32.1. The maximum absolute atomic E-state index is 2.53. The molecule has 0 aliphatic heterocycles. The molecule has 1 nitrogen and oxygen atoms in total. The van der Waals surface area contributed by atoms with Gasteiger partial charge in [0, 0.05) is 46.8 Å². The molecular formula is C53H41NS2. The maximum atomic E-state index is 2.53. The van der Waals surface area contributed by atoms with Gasteiger partial charge in [0.15, 0.2) is 0 Å². The fraction of sp³-hybridized carbons (Fsp3) is 0.132. The largest absolute Gasteiger partial charge is 0.315 e. The van der Waals surface area contributed by atoms with E-state index in [1.54, 1.807) is 5.56 Å². The Hall–Kier alpha value is -5.74. The molecule has 0 N–H and O–H groups in total. The van der Waals surface area contributed by atoms with E-state index in [0.717, 1.165) is 32.1 Å². The summed E-state index contributed by atoms with van der Waals surface area (Å²) >= 11 is 3.82. The monoisotopic (exact) mass is 755 g/mol.